The first-order valence-electron chi connectivity index (χ1n) is 9.63. The lowest BCUT2D eigenvalue weighted by Gasteiger charge is -2.36. The molecule has 1 N–H and O–H groups in total. The molecular formula is C23H19ClN4O. The number of rotatable bonds is 3. The molecule has 4 aromatic rings. The fourth-order valence-electron chi connectivity index (χ4n) is 4.05. The smallest absolute Gasteiger partial charge is 0.290 e. The van der Waals surface area contributed by atoms with Crippen molar-refractivity contribution in [3.05, 3.63) is 94.5 Å². The van der Waals surface area contributed by atoms with Crippen LogP contribution in [0, 0.1) is 0 Å². The van der Waals surface area contributed by atoms with E-state index in [1.807, 2.05) is 47.5 Å². The van der Waals surface area contributed by atoms with Crippen molar-refractivity contribution < 1.29 is 4.79 Å². The van der Waals surface area contributed by atoms with Crippen molar-refractivity contribution in [2.24, 2.45) is 0 Å². The summed E-state index contributed by atoms with van der Waals surface area (Å²) in [6, 6.07) is 19.6. The summed E-state index contributed by atoms with van der Waals surface area (Å²) in [5, 5.41) is 0.534. The van der Waals surface area contributed by atoms with Gasteiger partial charge in [0.2, 0.25) is 0 Å². The van der Waals surface area contributed by atoms with Gasteiger partial charge in [-0.15, -0.1) is 0 Å². The van der Waals surface area contributed by atoms with Crippen molar-refractivity contribution >= 4 is 28.5 Å². The molecule has 144 valence electrons. The van der Waals surface area contributed by atoms with E-state index in [1.54, 1.807) is 6.07 Å². The Morgan fingerprint density at radius 3 is 2.79 bits per heavy atom. The Hall–Kier alpha value is -3.18. The number of pyridine rings is 1. The highest BCUT2D eigenvalue weighted by Gasteiger charge is 2.33. The van der Waals surface area contributed by atoms with Crippen molar-refractivity contribution in [3.63, 3.8) is 0 Å². The number of nitrogens with zero attached hydrogens (tertiary/aromatic N) is 3. The number of imidazole rings is 1. The highest BCUT2D eigenvalue weighted by atomic mass is 35.5. The molecule has 1 atom stereocenters. The first-order chi connectivity index (χ1) is 14.2. The monoisotopic (exact) mass is 402 g/mol. The summed E-state index contributed by atoms with van der Waals surface area (Å²) in [7, 11) is 0. The summed E-state index contributed by atoms with van der Waals surface area (Å²) < 4.78 is 0. The molecule has 1 aliphatic heterocycles. The van der Waals surface area contributed by atoms with Gasteiger partial charge in [0.15, 0.2) is 5.82 Å². The van der Waals surface area contributed by atoms with E-state index < -0.39 is 0 Å². The van der Waals surface area contributed by atoms with Gasteiger partial charge >= 0.3 is 0 Å². The lowest BCUT2D eigenvalue weighted by Crippen LogP contribution is -2.41. The third kappa shape index (κ3) is 3.28. The fourth-order valence-corrected chi connectivity index (χ4v) is 4.26. The Balaban J connectivity index is 1.54. The van der Waals surface area contributed by atoms with Gasteiger partial charge in [-0.05, 0) is 35.7 Å². The number of carbonyl (C=O) groups is 1. The molecule has 5 nitrogen and oxygen atoms in total. The molecule has 2 aromatic carbocycles. The largest absolute Gasteiger partial charge is 0.334 e. The molecule has 1 unspecified atom stereocenters. The summed E-state index contributed by atoms with van der Waals surface area (Å²) in [6.07, 6.45) is 3.28. The maximum absolute atomic E-state index is 13.5. The minimum absolute atomic E-state index is 0.0916. The number of halogens is 1. The van der Waals surface area contributed by atoms with Gasteiger partial charge in [-0.2, -0.15) is 0 Å². The van der Waals surface area contributed by atoms with Gasteiger partial charge in [0.1, 0.15) is 5.52 Å². The van der Waals surface area contributed by atoms with E-state index in [4.69, 9.17) is 11.6 Å². The minimum atomic E-state index is -0.118. The van der Waals surface area contributed by atoms with Crippen molar-refractivity contribution in [1.29, 1.82) is 0 Å². The van der Waals surface area contributed by atoms with Crippen LogP contribution in [0.5, 0.6) is 0 Å². The highest BCUT2D eigenvalue weighted by Crippen LogP contribution is 2.33. The molecular weight excluding hydrogens is 384 g/mol. The number of nitrogens with one attached hydrogen (secondary N) is 1. The summed E-state index contributed by atoms with van der Waals surface area (Å²) in [5.74, 6) is 0.200. The number of carbonyl (C=O) groups excluding carboxylic acids is 1. The van der Waals surface area contributed by atoms with Crippen molar-refractivity contribution in [2.45, 2.75) is 18.9 Å². The van der Waals surface area contributed by atoms with Crippen molar-refractivity contribution in [3.8, 4) is 0 Å². The molecule has 3 heterocycles. The summed E-state index contributed by atoms with van der Waals surface area (Å²) in [4.78, 5) is 27.5. The van der Waals surface area contributed by atoms with Crippen LogP contribution in [0.3, 0.4) is 0 Å². The number of hydrogen-bond acceptors (Lipinski definition) is 3. The van der Waals surface area contributed by atoms with Gasteiger partial charge in [0.05, 0.1) is 16.6 Å². The van der Waals surface area contributed by atoms with Crippen LogP contribution < -0.4 is 0 Å². The number of H-pyrrole nitrogens is 1. The van der Waals surface area contributed by atoms with Crippen LogP contribution in [-0.2, 0) is 12.8 Å². The summed E-state index contributed by atoms with van der Waals surface area (Å²) in [5.41, 5.74) is 4.73. The number of para-hydroxylation sites is 1. The molecule has 0 bridgehead atoms. The predicted molar refractivity (Wildman–Crippen MR) is 113 cm³/mol. The molecule has 29 heavy (non-hydrogen) atoms. The number of aromatic amines is 1. The maximum atomic E-state index is 13.5. The normalized spacial score (nSPS) is 16.0. The van der Waals surface area contributed by atoms with Gasteiger partial charge in [0.25, 0.3) is 5.91 Å². The molecule has 0 saturated heterocycles. The van der Waals surface area contributed by atoms with Crippen molar-refractivity contribution in [1.82, 2.24) is 19.9 Å². The molecule has 5 rings (SSSR count). The zero-order chi connectivity index (χ0) is 19.8. The van der Waals surface area contributed by atoms with E-state index >= 15 is 0 Å². The average molecular weight is 403 g/mol. The van der Waals surface area contributed by atoms with Crippen LogP contribution in [0.1, 0.15) is 33.5 Å². The molecule has 0 spiro atoms. The standard InChI is InChI=1S/C23H19ClN4O/c24-17-9-4-10-19-21(17)27-22(26-19)23(29)28-13-11-18-16(8-5-12-25-18)20(28)14-15-6-2-1-3-7-15/h1-10,12,20H,11,13-14H2,(H,26,27). The molecule has 1 aliphatic rings. The van der Waals surface area contributed by atoms with Crippen LogP contribution in [0.4, 0.5) is 0 Å². The number of amides is 1. The zero-order valence-corrected chi connectivity index (χ0v) is 16.4. The van der Waals surface area contributed by atoms with E-state index in [9.17, 15) is 4.79 Å². The van der Waals surface area contributed by atoms with E-state index in [0.717, 1.165) is 29.6 Å². The van der Waals surface area contributed by atoms with E-state index in [2.05, 4.69) is 33.2 Å². The first kappa shape index (κ1) is 17.9. The van der Waals surface area contributed by atoms with E-state index in [0.29, 0.717) is 22.9 Å². The van der Waals surface area contributed by atoms with Crippen LogP contribution >= 0.6 is 11.6 Å². The third-order valence-electron chi connectivity index (χ3n) is 5.45. The topological polar surface area (TPSA) is 61.9 Å². The average Bonchev–Trinajstić information content (AvgIpc) is 3.20. The Kier molecular flexibility index (Phi) is 4.52. The van der Waals surface area contributed by atoms with Gasteiger partial charge in [0, 0.05) is 24.9 Å². The molecule has 0 aliphatic carbocycles. The Bertz CT molecular complexity index is 1190. The van der Waals surface area contributed by atoms with E-state index in [1.165, 1.54) is 5.56 Å². The first-order valence-corrected chi connectivity index (χ1v) is 10.0. The molecule has 6 heteroatoms. The summed E-state index contributed by atoms with van der Waals surface area (Å²) >= 11 is 6.25. The Morgan fingerprint density at radius 1 is 1.10 bits per heavy atom. The van der Waals surface area contributed by atoms with E-state index in [-0.39, 0.29) is 11.9 Å². The SMILES string of the molecule is O=C(c1nc2c(Cl)cccc2[nH]1)N1CCc2ncccc2C1Cc1ccccc1. The molecule has 0 fully saturated rings. The van der Waals surface area contributed by atoms with Crippen LogP contribution in [-0.4, -0.2) is 32.3 Å². The molecule has 1 amide bonds. The quantitative estimate of drug-likeness (QED) is 0.545. The number of fused-ring (bicyclic) bond motifs is 2. The maximum Gasteiger partial charge on any atom is 0.290 e. The van der Waals surface area contributed by atoms with Crippen LogP contribution in [0.2, 0.25) is 5.02 Å². The number of hydrogen-bond donors (Lipinski definition) is 1. The van der Waals surface area contributed by atoms with Crippen molar-refractivity contribution in [2.75, 3.05) is 6.54 Å². The number of aromatic nitrogens is 3. The Morgan fingerprint density at radius 2 is 1.97 bits per heavy atom. The third-order valence-corrected chi connectivity index (χ3v) is 5.75. The van der Waals surface area contributed by atoms with Crippen LogP contribution in [0.25, 0.3) is 11.0 Å². The minimum Gasteiger partial charge on any atom is -0.334 e. The highest BCUT2D eigenvalue weighted by molar-refractivity contribution is 6.35. The predicted octanol–water partition coefficient (Wildman–Crippen LogP) is 4.59. The second-order valence-corrected chi connectivity index (χ2v) is 7.62. The lowest BCUT2D eigenvalue weighted by molar-refractivity contribution is 0.0647. The van der Waals surface area contributed by atoms with Crippen LogP contribution in [0.15, 0.2) is 66.9 Å². The van der Waals surface area contributed by atoms with Gasteiger partial charge in [-0.1, -0.05) is 54.1 Å². The fraction of sp³-hybridized carbons (Fsp3) is 0.174. The molecule has 0 saturated carbocycles. The second-order valence-electron chi connectivity index (χ2n) is 7.21. The second kappa shape index (κ2) is 7.33. The zero-order valence-electron chi connectivity index (χ0n) is 15.7. The summed E-state index contributed by atoms with van der Waals surface area (Å²) in [6.45, 7) is 0.602. The number of benzene rings is 2. The molecule has 0 radical (unpaired) electrons. The lowest BCUT2D eigenvalue weighted by atomic mass is 9.91. The Labute approximate surface area is 173 Å². The van der Waals surface area contributed by atoms with Gasteiger partial charge in [-0.3, -0.25) is 9.78 Å². The van der Waals surface area contributed by atoms with Gasteiger partial charge < -0.3 is 9.88 Å². The van der Waals surface area contributed by atoms with Gasteiger partial charge in [-0.25, -0.2) is 4.98 Å². The molecule has 2 aromatic heterocycles.